The quantitative estimate of drug-likeness (QED) is 0.672. The third kappa shape index (κ3) is 4.94. The van der Waals surface area contributed by atoms with Gasteiger partial charge in [-0.15, -0.1) is 0 Å². The Morgan fingerprint density at radius 1 is 1.07 bits per heavy atom. The molecule has 0 saturated carbocycles. The van der Waals surface area contributed by atoms with Crippen LogP contribution >= 0.6 is 0 Å². The van der Waals surface area contributed by atoms with E-state index < -0.39 is 11.9 Å². The van der Waals surface area contributed by atoms with Crippen molar-refractivity contribution in [3.8, 4) is 0 Å². The topological polar surface area (TPSA) is 65.0 Å². The molecule has 1 saturated heterocycles. The first kappa shape index (κ1) is 21.3. The first-order valence-electron chi connectivity index (χ1n) is 10.5. The molecule has 0 aromatic heterocycles. The van der Waals surface area contributed by atoms with Crippen LogP contribution in [-0.4, -0.2) is 41.3 Å². The van der Waals surface area contributed by atoms with E-state index in [1.165, 1.54) is 0 Å². The predicted octanol–water partition coefficient (Wildman–Crippen LogP) is 4.24. The normalized spacial score (nSPS) is 31.4. The van der Waals surface area contributed by atoms with E-state index in [0.717, 1.165) is 42.4 Å². The van der Waals surface area contributed by atoms with Crippen molar-refractivity contribution in [2.24, 2.45) is 0 Å². The predicted molar refractivity (Wildman–Crippen MR) is 107 cm³/mol. The molecule has 1 aromatic carbocycles. The fraction of sp³-hybridized carbons (Fsp3) is 0.696. The van der Waals surface area contributed by atoms with E-state index in [9.17, 15) is 9.90 Å². The summed E-state index contributed by atoms with van der Waals surface area (Å²) in [6.07, 6.45) is 3.28. The van der Waals surface area contributed by atoms with Crippen LogP contribution in [-0.2, 0) is 20.6 Å². The largest absolute Gasteiger partial charge is 0.459 e. The Morgan fingerprint density at radius 3 is 2.57 bits per heavy atom. The van der Waals surface area contributed by atoms with Crippen molar-refractivity contribution in [3.05, 3.63) is 34.4 Å². The lowest BCUT2D eigenvalue weighted by Crippen LogP contribution is -2.35. The summed E-state index contributed by atoms with van der Waals surface area (Å²) >= 11 is 0. The maximum Gasteiger partial charge on any atom is 0.338 e. The number of hydrogen-bond donors (Lipinski definition) is 1. The summed E-state index contributed by atoms with van der Waals surface area (Å²) in [5.41, 5.74) is 3.85. The van der Waals surface area contributed by atoms with Gasteiger partial charge in [0.1, 0.15) is 6.10 Å². The van der Waals surface area contributed by atoms with Crippen molar-refractivity contribution in [2.75, 3.05) is 0 Å². The molecule has 4 atom stereocenters. The number of carbonyl (C=O) groups excluding carboxylic acids is 1. The molecule has 0 spiro atoms. The van der Waals surface area contributed by atoms with E-state index >= 15 is 0 Å². The Morgan fingerprint density at radius 2 is 1.82 bits per heavy atom. The molecular weight excluding hydrogens is 356 g/mol. The fourth-order valence-electron chi connectivity index (χ4n) is 4.53. The molecule has 1 unspecified atom stereocenters. The second kappa shape index (κ2) is 8.52. The summed E-state index contributed by atoms with van der Waals surface area (Å²) < 4.78 is 17.8. The van der Waals surface area contributed by atoms with Gasteiger partial charge in [0.05, 0.1) is 23.9 Å². The molecule has 5 heteroatoms. The smallest absolute Gasteiger partial charge is 0.338 e. The highest BCUT2D eigenvalue weighted by Gasteiger charge is 2.44. The fourth-order valence-corrected chi connectivity index (χ4v) is 4.53. The number of hydrogen-bond acceptors (Lipinski definition) is 5. The lowest BCUT2D eigenvalue weighted by Gasteiger charge is -2.24. The summed E-state index contributed by atoms with van der Waals surface area (Å²) in [4.78, 5) is 12.8. The molecule has 0 bridgehead atoms. The number of fused-ring (bicyclic) bond motifs is 2. The van der Waals surface area contributed by atoms with Crippen molar-refractivity contribution >= 4 is 5.97 Å². The van der Waals surface area contributed by atoms with Gasteiger partial charge in [-0.1, -0.05) is 17.7 Å². The van der Waals surface area contributed by atoms with Crippen LogP contribution in [0.1, 0.15) is 79.9 Å². The minimum atomic E-state index is -0.679. The van der Waals surface area contributed by atoms with Gasteiger partial charge < -0.3 is 19.3 Å². The number of benzene rings is 1. The standard InChI is InChI=1S/C23H34O5/c1-14-12-15(2)20-17(13-14)9-7-11-19-21(28-23(4,5)27-19)18(24)10-6-8-16(3)26-22(20)25/h12-13,16,18-19,21,24H,6-11H2,1-5H3/t16-,18?,19-,21+/m0/s1. The molecule has 5 nitrogen and oxygen atoms in total. The highest BCUT2D eigenvalue weighted by Crippen LogP contribution is 2.34. The van der Waals surface area contributed by atoms with Gasteiger partial charge in [0.2, 0.25) is 0 Å². The van der Waals surface area contributed by atoms with Crippen molar-refractivity contribution in [3.63, 3.8) is 0 Å². The summed E-state index contributed by atoms with van der Waals surface area (Å²) in [6, 6.07) is 4.12. The molecule has 0 radical (unpaired) electrons. The SMILES string of the molecule is Cc1cc(C)c2c(c1)CCC[C@@H]1OC(C)(C)O[C@@H]1C(O)CCC[C@H](C)OC2=O. The highest BCUT2D eigenvalue weighted by molar-refractivity contribution is 5.93. The van der Waals surface area contributed by atoms with Gasteiger partial charge in [0.25, 0.3) is 0 Å². The Hall–Kier alpha value is -1.43. The third-order valence-electron chi connectivity index (χ3n) is 5.72. The molecular formula is C23H34O5. The number of carbonyl (C=O) groups is 1. The second-order valence-corrected chi connectivity index (χ2v) is 8.86. The Bertz CT molecular complexity index is 711. The molecule has 156 valence electrons. The molecule has 0 aliphatic carbocycles. The number of rotatable bonds is 0. The molecule has 1 aromatic rings. The number of aliphatic hydroxyl groups excluding tert-OH is 1. The number of ether oxygens (including phenoxy) is 3. The van der Waals surface area contributed by atoms with E-state index in [-0.39, 0.29) is 24.3 Å². The number of esters is 1. The van der Waals surface area contributed by atoms with Gasteiger partial charge >= 0.3 is 5.97 Å². The molecule has 1 fully saturated rings. The summed E-state index contributed by atoms with van der Waals surface area (Å²) in [6.45, 7) is 9.74. The summed E-state index contributed by atoms with van der Waals surface area (Å²) in [7, 11) is 0. The Labute approximate surface area is 168 Å². The van der Waals surface area contributed by atoms with Crippen LogP contribution < -0.4 is 0 Å². The van der Waals surface area contributed by atoms with Crippen LogP contribution in [0.5, 0.6) is 0 Å². The van der Waals surface area contributed by atoms with Crippen molar-refractivity contribution in [1.29, 1.82) is 0 Å². The van der Waals surface area contributed by atoms with Gasteiger partial charge in [-0.3, -0.25) is 0 Å². The minimum Gasteiger partial charge on any atom is -0.459 e. The minimum absolute atomic E-state index is 0.133. The zero-order valence-electron chi connectivity index (χ0n) is 17.8. The lowest BCUT2D eigenvalue weighted by molar-refractivity contribution is -0.156. The average molecular weight is 391 g/mol. The van der Waals surface area contributed by atoms with Crippen LogP contribution in [0.2, 0.25) is 0 Å². The maximum absolute atomic E-state index is 12.8. The molecule has 28 heavy (non-hydrogen) atoms. The van der Waals surface area contributed by atoms with Gasteiger partial charge in [-0.25, -0.2) is 4.79 Å². The first-order chi connectivity index (χ1) is 13.2. The molecule has 2 aliphatic heterocycles. The van der Waals surface area contributed by atoms with Crippen LogP contribution in [0.25, 0.3) is 0 Å². The van der Waals surface area contributed by atoms with Gasteiger partial charge in [0, 0.05) is 0 Å². The van der Waals surface area contributed by atoms with Gasteiger partial charge in [-0.2, -0.15) is 0 Å². The van der Waals surface area contributed by atoms with Crippen LogP contribution in [0.3, 0.4) is 0 Å². The Kier molecular flexibility index (Phi) is 6.47. The van der Waals surface area contributed by atoms with Crippen molar-refractivity contribution in [2.45, 2.75) is 103 Å². The Balaban J connectivity index is 1.87. The van der Waals surface area contributed by atoms with Gasteiger partial charge in [-0.05, 0) is 84.3 Å². The molecule has 1 N–H and O–H groups in total. The number of aryl methyl sites for hydroxylation is 3. The number of cyclic esters (lactones) is 1. The zero-order valence-corrected chi connectivity index (χ0v) is 17.8. The summed E-state index contributed by atoms with van der Waals surface area (Å²) in [5, 5.41) is 10.7. The second-order valence-electron chi connectivity index (χ2n) is 8.86. The molecule has 2 aliphatic rings. The van der Waals surface area contributed by atoms with E-state index in [1.54, 1.807) is 0 Å². The maximum atomic E-state index is 12.8. The van der Waals surface area contributed by atoms with E-state index in [2.05, 4.69) is 13.0 Å². The average Bonchev–Trinajstić information content (AvgIpc) is 2.88. The van der Waals surface area contributed by atoms with Crippen LogP contribution in [0, 0.1) is 13.8 Å². The van der Waals surface area contributed by atoms with Crippen molar-refractivity contribution in [1.82, 2.24) is 0 Å². The lowest BCUT2D eigenvalue weighted by atomic mass is 9.92. The molecule has 3 rings (SSSR count). The summed E-state index contributed by atoms with van der Waals surface area (Å²) in [5.74, 6) is -0.918. The van der Waals surface area contributed by atoms with E-state index in [1.807, 2.05) is 33.8 Å². The molecule has 0 amide bonds. The van der Waals surface area contributed by atoms with Crippen LogP contribution in [0.15, 0.2) is 12.1 Å². The third-order valence-corrected chi connectivity index (χ3v) is 5.72. The van der Waals surface area contributed by atoms with E-state index in [0.29, 0.717) is 18.4 Å². The monoisotopic (exact) mass is 390 g/mol. The van der Waals surface area contributed by atoms with E-state index in [4.69, 9.17) is 14.2 Å². The number of aliphatic hydroxyl groups is 1. The zero-order chi connectivity index (χ0) is 20.5. The van der Waals surface area contributed by atoms with Gasteiger partial charge in [0.15, 0.2) is 5.79 Å². The van der Waals surface area contributed by atoms with Crippen LogP contribution in [0.4, 0.5) is 0 Å². The van der Waals surface area contributed by atoms with Crippen molar-refractivity contribution < 1.29 is 24.1 Å². The highest BCUT2D eigenvalue weighted by atomic mass is 16.8. The molecule has 2 heterocycles. The first-order valence-corrected chi connectivity index (χ1v) is 10.5.